The molecule has 1 rings (SSSR count). The van der Waals surface area contributed by atoms with Crippen molar-refractivity contribution in [2.24, 2.45) is 0 Å². The highest BCUT2D eigenvalue weighted by molar-refractivity contribution is 7.87. The van der Waals surface area contributed by atoms with Gasteiger partial charge in [0, 0.05) is 5.69 Å². The predicted octanol–water partition coefficient (Wildman–Crippen LogP) is -0.507. The summed E-state index contributed by atoms with van der Waals surface area (Å²) in [5.74, 6) is -1.23. The maximum atomic E-state index is 11.3. The van der Waals surface area contributed by atoms with Crippen molar-refractivity contribution in [1.82, 2.24) is 0 Å². The molecule has 0 aliphatic heterocycles. The molecular weight excluding hydrogens is 222 g/mol. The van der Waals surface area contributed by atoms with Crippen LogP contribution in [-0.4, -0.2) is 26.1 Å². The van der Waals surface area contributed by atoms with Crippen molar-refractivity contribution < 1.29 is 22.5 Å². The molecule has 0 saturated carbocycles. The molecule has 7 heteroatoms. The SMILES string of the molecule is Nc1ccc(S(=O)(=O)OC(=O)CO)cc1. The topological polar surface area (TPSA) is 107 Å². The second kappa shape index (κ2) is 4.28. The van der Waals surface area contributed by atoms with Crippen molar-refractivity contribution in [3.63, 3.8) is 0 Å². The number of carbonyl (C=O) groups excluding carboxylic acids is 1. The Morgan fingerprint density at radius 2 is 1.87 bits per heavy atom. The quantitative estimate of drug-likeness (QED) is 0.536. The van der Waals surface area contributed by atoms with Gasteiger partial charge in [-0.25, -0.2) is 4.79 Å². The van der Waals surface area contributed by atoms with Gasteiger partial charge in [-0.15, -0.1) is 0 Å². The van der Waals surface area contributed by atoms with Crippen LogP contribution in [-0.2, 0) is 19.1 Å². The summed E-state index contributed by atoms with van der Waals surface area (Å²) in [6.45, 7) is -0.992. The Hall–Kier alpha value is -1.60. The van der Waals surface area contributed by atoms with E-state index in [-0.39, 0.29) is 4.90 Å². The molecule has 1 aromatic rings. The van der Waals surface area contributed by atoms with E-state index < -0.39 is 22.7 Å². The lowest BCUT2D eigenvalue weighted by Gasteiger charge is -2.03. The number of aliphatic hydroxyl groups excluding tert-OH is 1. The maximum absolute atomic E-state index is 11.3. The van der Waals surface area contributed by atoms with Crippen LogP contribution in [0.1, 0.15) is 0 Å². The van der Waals surface area contributed by atoms with E-state index >= 15 is 0 Å². The number of hydrogen-bond donors (Lipinski definition) is 2. The summed E-state index contributed by atoms with van der Waals surface area (Å²) < 4.78 is 26.7. The second-order valence-electron chi connectivity index (χ2n) is 2.64. The van der Waals surface area contributed by atoms with Crippen molar-refractivity contribution >= 4 is 21.8 Å². The van der Waals surface area contributed by atoms with Crippen molar-refractivity contribution in [2.45, 2.75) is 4.90 Å². The highest BCUT2D eigenvalue weighted by Crippen LogP contribution is 2.14. The van der Waals surface area contributed by atoms with E-state index in [1.54, 1.807) is 0 Å². The molecule has 3 N–H and O–H groups in total. The van der Waals surface area contributed by atoms with E-state index in [1.807, 2.05) is 0 Å². The van der Waals surface area contributed by atoms with Gasteiger partial charge in [-0.2, -0.15) is 8.42 Å². The van der Waals surface area contributed by atoms with Gasteiger partial charge in [0.25, 0.3) is 0 Å². The van der Waals surface area contributed by atoms with Gasteiger partial charge in [0.15, 0.2) is 0 Å². The molecule has 0 radical (unpaired) electrons. The van der Waals surface area contributed by atoms with E-state index in [9.17, 15) is 13.2 Å². The fraction of sp³-hybridized carbons (Fsp3) is 0.125. The first-order valence-corrected chi connectivity index (χ1v) is 5.30. The van der Waals surface area contributed by atoms with Crippen molar-refractivity contribution in [1.29, 1.82) is 0 Å². The maximum Gasteiger partial charge on any atom is 0.347 e. The summed E-state index contributed by atoms with van der Waals surface area (Å²) in [5, 5.41) is 8.33. The van der Waals surface area contributed by atoms with Crippen LogP contribution < -0.4 is 5.73 Å². The molecule has 0 aliphatic carbocycles. The molecular formula is C8H9NO5S. The zero-order valence-corrected chi connectivity index (χ0v) is 8.40. The Balaban J connectivity index is 2.96. The van der Waals surface area contributed by atoms with Crippen LogP contribution >= 0.6 is 0 Å². The zero-order chi connectivity index (χ0) is 11.5. The molecule has 0 aromatic heterocycles. The van der Waals surface area contributed by atoms with Gasteiger partial charge in [-0.1, -0.05) is 0 Å². The van der Waals surface area contributed by atoms with Crippen LogP contribution in [0.15, 0.2) is 29.2 Å². The van der Waals surface area contributed by atoms with Gasteiger partial charge in [-0.3, -0.25) is 0 Å². The molecule has 0 heterocycles. The number of nitrogen functional groups attached to an aromatic ring is 1. The van der Waals surface area contributed by atoms with Gasteiger partial charge in [0.05, 0.1) is 0 Å². The smallest absolute Gasteiger partial charge is 0.347 e. The molecule has 6 nitrogen and oxygen atoms in total. The van der Waals surface area contributed by atoms with Crippen LogP contribution in [0.3, 0.4) is 0 Å². The molecule has 0 aliphatic rings. The van der Waals surface area contributed by atoms with Gasteiger partial charge in [-0.05, 0) is 24.3 Å². The number of nitrogens with two attached hydrogens (primary N) is 1. The fourth-order valence-corrected chi connectivity index (χ4v) is 1.69. The molecule has 0 bridgehead atoms. The third kappa shape index (κ3) is 2.93. The molecule has 0 saturated heterocycles. The van der Waals surface area contributed by atoms with Gasteiger partial charge >= 0.3 is 16.1 Å². The molecule has 0 atom stereocenters. The first-order chi connectivity index (χ1) is 6.95. The zero-order valence-electron chi connectivity index (χ0n) is 7.58. The average molecular weight is 231 g/mol. The van der Waals surface area contributed by atoms with E-state index in [0.29, 0.717) is 5.69 Å². The minimum atomic E-state index is -4.15. The van der Waals surface area contributed by atoms with E-state index in [4.69, 9.17) is 10.8 Å². The Bertz CT molecular complexity index is 450. The lowest BCUT2D eigenvalue weighted by atomic mass is 10.3. The number of rotatable bonds is 3. The van der Waals surface area contributed by atoms with Gasteiger partial charge in [0.2, 0.25) is 0 Å². The summed E-state index contributed by atoms with van der Waals surface area (Å²) in [4.78, 5) is 10.4. The summed E-state index contributed by atoms with van der Waals surface area (Å²) in [6, 6.07) is 5.13. The predicted molar refractivity (Wildman–Crippen MR) is 51.2 cm³/mol. The standard InChI is InChI=1S/C8H9NO5S/c9-6-1-3-7(4-2-6)15(12,13)14-8(11)5-10/h1-4,10H,5,9H2. The van der Waals surface area contributed by atoms with Crippen LogP contribution in [0.4, 0.5) is 5.69 Å². The first kappa shape index (κ1) is 11.5. The Kier molecular flexibility index (Phi) is 3.28. The fourth-order valence-electron chi connectivity index (χ4n) is 0.831. The average Bonchev–Trinajstić information content (AvgIpc) is 2.17. The van der Waals surface area contributed by atoms with Crippen LogP contribution in [0.2, 0.25) is 0 Å². The van der Waals surface area contributed by atoms with Crippen LogP contribution in [0.5, 0.6) is 0 Å². The molecule has 0 unspecified atom stereocenters. The number of carbonyl (C=O) groups is 1. The van der Waals surface area contributed by atoms with Crippen molar-refractivity contribution in [2.75, 3.05) is 12.3 Å². The summed E-state index contributed by atoms with van der Waals surface area (Å²) in [6.07, 6.45) is 0. The van der Waals surface area contributed by atoms with Gasteiger partial charge < -0.3 is 15.0 Å². The summed E-state index contributed by atoms with van der Waals surface area (Å²) >= 11 is 0. The first-order valence-electron chi connectivity index (χ1n) is 3.89. The lowest BCUT2D eigenvalue weighted by Crippen LogP contribution is -2.16. The third-order valence-corrected chi connectivity index (χ3v) is 2.76. The highest BCUT2D eigenvalue weighted by Gasteiger charge is 2.19. The summed E-state index contributed by atoms with van der Waals surface area (Å²) in [5.41, 5.74) is 5.75. The van der Waals surface area contributed by atoms with Crippen LogP contribution in [0, 0.1) is 0 Å². The number of aliphatic hydroxyl groups is 1. The number of benzene rings is 1. The van der Waals surface area contributed by atoms with E-state index in [0.717, 1.165) is 0 Å². The highest BCUT2D eigenvalue weighted by atomic mass is 32.2. The Labute approximate surface area is 86.4 Å². The Morgan fingerprint density at radius 3 is 2.33 bits per heavy atom. The third-order valence-electron chi connectivity index (χ3n) is 1.50. The second-order valence-corrected chi connectivity index (χ2v) is 4.18. The molecule has 0 amide bonds. The normalized spacial score (nSPS) is 11.0. The lowest BCUT2D eigenvalue weighted by molar-refractivity contribution is -0.136. The molecule has 0 fully saturated rings. The van der Waals surface area contributed by atoms with Crippen LogP contribution in [0.25, 0.3) is 0 Å². The van der Waals surface area contributed by atoms with E-state index in [2.05, 4.69) is 4.18 Å². The number of hydrogen-bond acceptors (Lipinski definition) is 6. The van der Waals surface area contributed by atoms with Crippen molar-refractivity contribution in [3.05, 3.63) is 24.3 Å². The Morgan fingerprint density at radius 1 is 1.33 bits per heavy atom. The van der Waals surface area contributed by atoms with Gasteiger partial charge in [0.1, 0.15) is 11.5 Å². The van der Waals surface area contributed by atoms with Crippen molar-refractivity contribution in [3.8, 4) is 0 Å². The molecule has 15 heavy (non-hydrogen) atoms. The van der Waals surface area contributed by atoms with E-state index in [1.165, 1.54) is 24.3 Å². The minimum Gasteiger partial charge on any atom is -0.399 e. The molecule has 82 valence electrons. The molecule has 1 aromatic carbocycles. The summed E-state index contributed by atoms with van der Waals surface area (Å²) in [7, 11) is -4.15. The largest absolute Gasteiger partial charge is 0.399 e. The number of anilines is 1. The monoisotopic (exact) mass is 231 g/mol. The molecule has 0 spiro atoms. The minimum absolute atomic E-state index is 0.196.